The molecule has 2 aromatic heterocycles. The summed E-state index contributed by atoms with van der Waals surface area (Å²) in [5, 5.41) is 0.571. The number of rotatable bonds is 0. The molecule has 12 heavy (non-hydrogen) atoms. The Bertz CT molecular complexity index is 489. The molecule has 0 bridgehead atoms. The maximum absolute atomic E-state index is 11.3. The molecule has 0 aliphatic rings. The average Bonchev–Trinajstić information content (AvgIpc) is 2.31. The van der Waals surface area contributed by atoms with E-state index in [0.717, 1.165) is 0 Å². The van der Waals surface area contributed by atoms with Gasteiger partial charge in [0.15, 0.2) is 0 Å². The van der Waals surface area contributed by atoms with Crippen LogP contribution in [0.5, 0.6) is 0 Å². The lowest BCUT2D eigenvalue weighted by Crippen LogP contribution is -2.06. The van der Waals surface area contributed by atoms with Gasteiger partial charge in [0.05, 0.1) is 9.86 Å². The van der Waals surface area contributed by atoms with Crippen LogP contribution in [0.2, 0.25) is 5.28 Å². The fourth-order valence-corrected chi connectivity index (χ4v) is 1.63. The van der Waals surface area contributed by atoms with Gasteiger partial charge in [0.1, 0.15) is 5.65 Å². The quantitative estimate of drug-likeness (QED) is 0.697. The smallest absolute Gasteiger partial charge is 0.262 e. The SMILES string of the molecule is O=c1[nH]c(Cl)nc2[nH]cc(Br)c12. The van der Waals surface area contributed by atoms with Crippen LogP contribution in [-0.2, 0) is 0 Å². The van der Waals surface area contributed by atoms with E-state index in [9.17, 15) is 4.79 Å². The summed E-state index contributed by atoms with van der Waals surface area (Å²) in [5.41, 5.74) is 0.230. The molecule has 62 valence electrons. The minimum absolute atomic E-state index is 0.0850. The molecule has 0 unspecified atom stereocenters. The van der Waals surface area contributed by atoms with Gasteiger partial charge in [-0.2, -0.15) is 0 Å². The van der Waals surface area contributed by atoms with Gasteiger partial charge in [0.2, 0.25) is 5.28 Å². The Morgan fingerprint density at radius 3 is 3.08 bits per heavy atom. The van der Waals surface area contributed by atoms with E-state index in [1.807, 2.05) is 0 Å². The van der Waals surface area contributed by atoms with Crippen molar-refractivity contribution in [3.05, 3.63) is 26.3 Å². The minimum atomic E-state index is -0.252. The van der Waals surface area contributed by atoms with E-state index in [-0.39, 0.29) is 10.8 Å². The van der Waals surface area contributed by atoms with E-state index in [2.05, 4.69) is 30.9 Å². The van der Waals surface area contributed by atoms with E-state index >= 15 is 0 Å². The van der Waals surface area contributed by atoms with Gasteiger partial charge < -0.3 is 4.98 Å². The number of nitrogens with one attached hydrogen (secondary N) is 2. The van der Waals surface area contributed by atoms with Crippen LogP contribution in [0.1, 0.15) is 0 Å². The molecule has 0 aliphatic heterocycles. The first-order valence-electron chi connectivity index (χ1n) is 3.11. The van der Waals surface area contributed by atoms with Crippen molar-refractivity contribution < 1.29 is 0 Å². The molecule has 0 saturated heterocycles. The molecule has 6 heteroatoms. The molecule has 0 amide bonds. The molecule has 0 saturated carbocycles. The van der Waals surface area contributed by atoms with E-state index in [0.29, 0.717) is 15.5 Å². The van der Waals surface area contributed by atoms with Gasteiger partial charge >= 0.3 is 0 Å². The number of fused-ring (bicyclic) bond motifs is 1. The zero-order valence-corrected chi connectivity index (χ0v) is 8.03. The molecule has 0 atom stereocenters. The summed E-state index contributed by atoms with van der Waals surface area (Å²) in [5.74, 6) is 0. The lowest BCUT2D eigenvalue weighted by atomic mass is 10.4. The molecule has 2 N–H and O–H groups in total. The monoisotopic (exact) mass is 247 g/mol. The third kappa shape index (κ3) is 1.05. The summed E-state index contributed by atoms with van der Waals surface area (Å²) in [4.78, 5) is 20.3. The van der Waals surface area contributed by atoms with Crippen molar-refractivity contribution in [1.29, 1.82) is 0 Å². The molecule has 2 rings (SSSR count). The standard InChI is InChI=1S/C6H3BrClN3O/c7-2-1-9-4-3(2)5(12)11-6(8)10-4/h1H,(H2,9,10,11,12). The summed E-state index contributed by atoms with van der Waals surface area (Å²) in [6, 6.07) is 0. The summed E-state index contributed by atoms with van der Waals surface area (Å²) in [7, 11) is 0. The summed E-state index contributed by atoms with van der Waals surface area (Å²) < 4.78 is 0.683. The zero-order valence-electron chi connectivity index (χ0n) is 5.69. The van der Waals surface area contributed by atoms with Crippen LogP contribution >= 0.6 is 27.5 Å². The predicted octanol–water partition coefficient (Wildman–Crippen LogP) is 1.67. The highest BCUT2D eigenvalue weighted by Gasteiger charge is 2.06. The van der Waals surface area contributed by atoms with Gasteiger partial charge in [-0.3, -0.25) is 9.78 Å². The van der Waals surface area contributed by atoms with Crippen molar-refractivity contribution in [2.75, 3.05) is 0 Å². The van der Waals surface area contributed by atoms with Crippen LogP contribution in [0.15, 0.2) is 15.5 Å². The van der Waals surface area contributed by atoms with Gasteiger partial charge in [0.25, 0.3) is 5.56 Å². The van der Waals surface area contributed by atoms with Crippen molar-refractivity contribution in [2.24, 2.45) is 0 Å². The van der Waals surface area contributed by atoms with Gasteiger partial charge in [-0.05, 0) is 27.5 Å². The van der Waals surface area contributed by atoms with Crippen molar-refractivity contribution in [1.82, 2.24) is 15.0 Å². The molecule has 4 nitrogen and oxygen atoms in total. The molecule has 0 radical (unpaired) electrons. The summed E-state index contributed by atoms with van der Waals surface area (Å²) in [6.07, 6.45) is 1.64. The molecular formula is C6H3BrClN3O. The summed E-state index contributed by atoms with van der Waals surface area (Å²) in [6.45, 7) is 0. The lowest BCUT2D eigenvalue weighted by molar-refractivity contribution is 1.16. The fourth-order valence-electron chi connectivity index (χ4n) is 0.976. The van der Waals surface area contributed by atoms with Crippen LogP contribution in [-0.4, -0.2) is 15.0 Å². The Morgan fingerprint density at radius 1 is 1.58 bits per heavy atom. The second-order valence-corrected chi connectivity index (χ2v) is 3.43. The van der Waals surface area contributed by atoms with Crippen LogP contribution in [0, 0.1) is 0 Å². The van der Waals surface area contributed by atoms with Crippen LogP contribution in [0.4, 0.5) is 0 Å². The number of hydrogen-bond donors (Lipinski definition) is 2. The Labute approximate surface area is 80.1 Å². The third-order valence-corrected chi connectivity index (χ3v) is 2.27. The van der Waals surface area contributed by atoms with Gasteiger partial charge in [0, 0.05) is 6.20 Å². The first-order valence-corrected chi connectivity index (χ1v) is 4.28. The van der Waals surface area contributed by atoms with Crippen molar-refractivity contribution in [3.8, 4) is 0 Å². The molecule has 2 heterocycles. The Balaban J connectivity index is 3.03. The number of aromatic amines is 2. The first kappa shape index (κ1) is 7.82. The molecule has 0 aliphatic carbocycles. The lowest BCUT2D eigenvalue weighted by Gasteiger charge is -1.89. The normalized spacial score (nSPS) is 10.8. The highest BCUT2D eigenvalue weighted by Crippen LogP contribution is 2.18. The van der Waals surface area contributed by atoms with E-state index in [4.69, 9.17) is 11.6 Å². The van der Waals surface area contributed by atoms with Crippen LogP contribution in [0.25, 0.3) is 11.0 Å². The molecular weight excluding hydrogens is 245 g/mol. The second-order valence-electron chi connectivity index (χ2n) is 2.22. The Hall–Kier alpha value is -0.810. The largest absolute Gasteiger partial charge is 0.345 e. The van der Waals surface area contributed by atoms with E-state index < -0.39 is 0 Å². The highest BCUT2D eigenvalue weighted by molar-refractivity contribution is 9.10. The topological polar surface area (TPSA) is 61.5 Å². The Morgan fingerprint density at radius 2 is 2.33 bits per heavy atom. The first-order chi connectivity index (χ1) is 5.68. The third-order valence-electron chi connectivity index (χ3n) is 1.46. The fraction of sp³-hybridized carbons (Fsp3) is 0. The van der Waals surface area contributed by atoms with Crippen LogP contribution < -0.4 is 5.56 Å². The Kier molecular flexibility index (Phi) is 1.69. The zero-order chi connectivity index (χ0) is 8.72. The molecule has 0 spiro atoms. The number of hydrogen-bond acceptors (Lipinski definition) is 2. The minimum Gasteiger partial charge on any atom is -0.345 e. The molecule has 0 fully saturated rings. The predicted molar refractivity (Wildman–Crippen MR) is 49.4 cm³/mol. The van der Waals surface area contributed by atoms with Crippen molar-refractivity contribution >= 4 is 38.6 Å². The highest BCUT2D eigenvalue weighted by atomic mass is 79.9. The van der Waals surface area contributed by atoms with Gasteiger partial charge in [-0.1, -0.05) is 0 Å². The number of halogens is 2. The number of nitrogens with zero attached hydrogens (tertiary/aromatic N) is 1. The average molecular weight is 248 g/mol. The maximum Gasteiger partial charge on any atom is 0.262 e. The second kappa shape index (κ2) is 2.60. The molecule has 0 aromatic carbocycles. The van der Waals surface area contributed by atoms with Crippen molar-refractivity contribution in [3.63, 3.8) is 0 Å². The summed E-state index contributed by atoms with van der Waals surface area (Å²) >= 11 is 8.74. The van der Waals surface area contributed by atoms with Crippen molar-refractivity contribution in [2.45, 2.75) is 0 Å². The number of H-pyrrole nitrogens is 2. The van der Waals surface area contributed by atoms with Gasteiger partial charge in [-0.25, -0.2) is 4.98 Å². The van der Waals surface area contributed by atoms with E-state index in [1.165, 1.54) is 0 Å². The van der Waals surface area contributed by atoms with Gasteiger partial charge in [-0.15, -0.1) is 0 Å². The van der Waals surface area contributed by atoms with E-state index in [1.54, 1.807) is 6.20 Å². The maximum atomic E-state index is 11.3. The van der Waals surface area contributed by atoms with Crippen LogP contribution in [0.3, 0.4) is 0 Å². The molecule has 2 aromatic rings. The number of aromatic nitrogens is 3.